The number of nitrogens with zero attached hydrogens (tertiary/aromatic N) is 2. The Morgan fingerprint density at radius 3 is 2.38 bits per heavy atom. The molecule has 1 N–H and O–H groups in total. The molecule has 0 spiro atoms. The Hall–Kier alpha value is -3.21. The van der Waals surface area contributed by atoms with Crippen molar-refractivity contribution < 1.29 is 4.79 Å². The van der Waals surface area contributed by atoms with Crippen LogP contribution in [0.2, 0.25) is 0 Å². The molecule has 0 saturated heterocycles. The van der Waals surface area contributed by atoms with Crippen molar-refractivity contribution in [2.45, 2.75) is 6.92 Å². The maximum absolute atomic E-state index is 12.7. The predicted molar refractivity (Wildman–Crippen MR) is 94.2 cm³/mol. The van der Waals surface area contributed by atoms with Gasteiger partial charge in [0.05, 0.1) is 0 Å². The summed E-state index contributed by atoms with van der Waals surface area (Å²) in [5, 5.41) is 0. The first-order valence-corrected chi connectivity index (χ1v) is 7.54. The molecule has 5 nitrogen and oxygen atoms in total. The minimum Gasteiger partial charge on any atom is -0.328 e. The van der Waals surface area contributed by atoms with Gasteiger partial charge in [-0.15, -0.1) is 0 Å². The number of aromatic nitrogens is 2. The smallest absolute Gasteiger partial charge is 0.263 e. The van der Waals surface area contributed by atoms with Gasteiger partial charge in [0.15, 0.2) is 0 Å². The molecule has 24 heavy (non-hydrogen) atoms. The minimum atomic E-state index is -0.406. The predicted octanol–water partition coefficient (Wildman–Crippen LogP) is 3.02. The molecule has 3 aromatic rings. The number of rotatable bonds is 3. The molecule has 0 saturated carbocycles. The first-order valence-electron chi connectivity index (χ1n) is 7.54. The Kier molecular flexibility index (Phi) is 4.24. The largest absolute Gasteiger partial charge is 0.328 e. The van der Waals surface area contributed by atoms with Crippen molar-refractivity contribution in [2.24, 2.45) is 0 Å². The molecular formula is C19H17N3O2. The van der Waals surface area contributed by atoms with Crippen LogP contribution in [0, 0.1) is 6.92 Å². The zero-order valence-electron chi connectivity index (χ0n) is 13.5. The summed E-state index contributed by atoms with van der Waals surface area (Å²) in [6, 6.07) is 12.8. The van der Waals surface area contributed by atoms with E-state index in [9.17, 15) is 9.59 Å². The second kappa shape index (κ2) is 6.50. The fourth-order valence-corrected chi connectivity index (χ4v) is 2.42. The number of hydrogen-bond acceptors (Lipinski definition) is 3. The molecule has 0 bridgehead atoms. The summed E-state index contributed by atoms with van der Waals surface area (Å²) in [6.45, 7) is 1.98. The lowest BCUT2D eigenvalue weighted by Gasteiger charge is -2.17. The van der Waals surface area contributed by atoms with Gasteiger partial charge in [0.25, 0.3) is 11.5 Å². The number of pyridine rings is 2. The SMILES string of the molecule is Cc1ccc(N(C)C(=O)c2cc(-c3ccncc3)c[nH]c2=O)cc1. The molecule has 0 atom stereocenters. The fourth-order valence-electron chi connectivity index (χ4n) is 2.42. The Morgan fingerprint density at radius 2 is 1.71 bits per heavy atom. The van der Waals surface area contributed by atoms with E-state index in [0.29, 0.717) is 0 Å². The number of aryl methyl sites for hydroxylation is 1. The van der Waals surface area contributed by atoms with Crippen LogP contribution in [-0.4, -0.2) is 22.9 Å². The average Bonchev–Trinajstić information content (AvgIpc) is 2.62. The van der Waals surface area contributed by atoms with E-state index in [2.05, 4.69) is 9.97 Å². The fraction of sp³-hybridized carbons (Fsp3) is 0.105. The van der Waals surface area contributed by atoms with Crippen LogP contribution in [0.15, 0.2) is 65.8 Å². The molecule has 5 heteroatoms. The van der Waals surface area contributed by atoms with Crippen LogP contribution in [-0.2, 0) is 0 Å². The van der Waals surface area contributed by atoms with E-state index in [0.717, 1.165) is 22.4 Å². The molecule has 2 aromatic heterocycles. The van der Waals surface area contributed by atoms with Crippen molar-refractivity contribution in [1.29, 1.82) is 0 Å². The standard InChI is InChI=1S/C19H17N3O2/c1-13-3-5-16(6-4-13)22(2)19(24)17-11-15(12-21-18(17)23)14-7-9-20-10-8-14/h3-12H,1-2H3,(H,21,23). The highest BCUT2D eigenvalue weighted by atomic mass is 16.2. The molecule has 120 valence electrons. The number of amides is 1. The highest BCUT2D eigenvalue weighted by Gasteiger charge is 2.17. The molecule has 0 unspecified atom stereocenters. The summed E-state index contributed by atoms with van der Waals surface area (Å²) >= 11 is 0. The van der Waals surface area contributed by atoms with E-state index < -0.39 is 5.56 Å². The molecule has 2 heterocycles. The molecule has 1 aromatic carbocycles. The molecule has 1 amide bonds. The van der Waals surface area contributed by atoms with Gasteiger partial charge < -0.3 is 9.88 Å². The quantitative estimate of drug-likeness (QED) is 0.807. The van der Waals surface area contributed by atoms with E-state index in [1.54, 1.807) is 31.7 Å². The summed E-state index contributed by atoms with van der Waals surface area (Å²) in [4.78, 5) is 32.9. The van der Waals surface area contributed by atoms with Crippen molar-refractivity contribution in [3.63, 3.8) is 0 Å². The lowest BCUT2D eigenvalue weighted by Crippen LogP contribution is -2.31. The zero-order valence-corrected chi connectivity index (χ0v) is 13.5. The van der Waals surface area contributed by atoms with Crippen molar-refractivity contribution >= 4 is 11.6 Å². The Balaban J connectivity index is 1.97. The van der Waals surface area contributed by atoms with Crippen LogP contribution in [0.25, 0.3) is 11.1 Å². The van der Waals surface area contributed by atoms with E-state index in [1.165, 1.54) is 4.90 Å². The number of aromatic amines is 1. The van der Waals surface area contributed by atoms with Gasteiger partial charge in [0.1, 0.15) is 5.56 Å². The topological polar surface area (TPSA) is 66.1 Å². The Bertz CT molecular complexity index is 915. The normalized spacial score (nSPS) is 10.4. The third-order valence-corrected chi connectivity index (χ3v) is 3.87. The Labute approximate surface area is 139 Å². The van der Waals surface area contributed by atoms with Crippen LogP contribution in [0.4, 0.5) is 5.69 Å². The number of carbonyl (C=O) groups is 1. The first kappa shape index (κ1) is 15.7. The zero-order chi connectivity index (χ0) is 17.1. The second-order valence-electron chi connectivity index (χ2n) is 5.57. The summed E-state index contributed by atoms with van der Waals surface area (Å²) in [6.07, 6.45) is 4.93. The average molecular weight is 319 g/mol. The first-order chi connectivity index (χ1) is 11.6. The van der Waals surface area contributed by atoms with Crippen molar-refractivity contribution in [3.8, 4) is 11.1 Å². The van der Waals surface area contributed by atoms with Gasteiger partial charge in [-0.25, -0.2) is 0 Å². The highest BCUT2D eigenvalue weighted by molar-refractivity contribution is 6.06. The lowest BCUT2D eigenvalue weighted by molar-refractivity contribution is 0.0991. The Morgan fingerprint density at radius 1 is 1.04 bits per heavy atom. The number of H-pyrrole nitrogens is 1. The number of nitrogens with one attached hydrogen (secondary N) is 1. The number of anilines is 1. The summed E-state index contributed by atoms with van der Waals surface area (Å²) in [7, 11) is 1.66. The molecule has 0 aliphatic heterocycles. The van der Waals surface area contributed by atoms with Gasteiger partial charge in [-0.1, -0.05) is 17.7 Å². The van der Waals surface area contributed by atoms with Crippen LogP contribution in [0.5, 0.6) is 0 Å². The van der Waals surface area contributed by atoms with Gasteiger partial charge in [-0.3, -0.25) is 14.6 Å². The molecule has 0 aliphatic carbocycles. The van der Waals surface area contributed by atoms with Crippen molar-refractivity contribution in [1.82, 2.24) is 9.97 Å². The second-order valence-corrected chi connectivity index (χ2v) is 5.57. The molecule has 0 fully saturated rings. The third-order valence-electron chi connectivity index (χ3n) is 3.87. The highest BCUT2D eigenvalue weighted by Crippen LogP contribution is 2.19. The third kappa shape index (κ3) is 3.10. The number of carbonyl (C=O) groups excluding carboxylic acids is 1. The van der Waals surface area contributed by atoms with E-state index in [1.807, 2.05) is 43.3 Å². The summed E-state index contributed by atoms with van der Waals surface area (Å²) in [5.74, 6) is -0.351. The summed E-state index contributed by atoms with van der Waals surface area (Å²) < 4.78 is 0. The van der Waals surface area contributed by atoms with Crippen LogP contribution in [0.3, 0.4) is 0 Å². The van der Waals surface area contributed by atoms with E-state index in [-0.39, 0.29) is 11.5 Å². The molecule has 3 rings (SSSR count). The minimum absolute atomic E-state index is 0.104. The monoisotopic (exact) mass is 319 g/mol. The van der Waals surface area contributed by atoms with Crippen molar-refractivity contribution in [2.75, 3.05) is 11.9 Å². The van der Waals surface area contributed by atoms with Crippen molar-refractivity contribution in [3.05, 3.63) is 82.5 Å². The molecule has 0 radical (unpaired) electrons. The van der Waals surface area contributed by atoms with Gasteiger partial charge in [0.2, 0.25) is 0 Å². The lowest BCUT2D eigenvalue weighted by atomic mass is 10.1. The summed E-state index contributed by atoms with van der Waals surface area (Å²) in [5.41, 5.74) is 3.19. The van der Waals surface area contributed by atoms with Gasteiger partial charge in [-0.2, -0.15) is 0 Å². The molecular weight excluding hydrogens is 302 g/mol. The van der Waals surface area contributed by atoms with E-state index >= 15 is 0 Å². The van der Waals surface area contributed by atoms with E-state index in [4.69, 9.17) is 0 Å². The number of benzene rings is 1. The van der Waals surface area contributed by atoms with Gasteiger partial charge in [-0.05, 0) is 48.4 Å². The van der Waals surface area contributed by atoms with Crippen LogP contribution < -0.4 is 10.5 Å². The van der Waals surface area contributed by atoms with Gasteiger partial charge in [0, 0.05) is 31.3 Å². The number of hydrogen-bond donors (Lipinski definition) is 1. The van der Waals surface area contributed by atoms with Crippen LogP contribution in [0.1, 0.15) is 15.9 Å². The maximum Gasteiger partial charge on any atom is 0.263 e. The van der Waals surface area contributed by atoms with Crippen LogP contribution >= 0.6 is 0 Å². The maximum atomic E-state index is 12.7. The van der Waals surface area contributed by atoms with Gasteiger partial charge >= 0.3 is 0 Å². The molecule has 0 aliphatic rings.